The van der Waals surface area contributed by atoms with Crippen molar-refractivity contribution in [1.82, 2.24) is 24.8 Å². The Bertz CT molecular complexity index is 1520. The highest BCUT2D eigenvalue weighted by atomic mass is 16.2. The zero-order chi connectivity index (χ0) is 27.5. The summed E-state index contributed by atoms with van der Waals surface area (Å²) in [6.45, 7) is 10.2. The lowest BCUT2D eigenvalue weighted by atomic mass is 10.1. The van der Waals surface area contributed by atoms with Gasteiger partial charge >= 0.3 is 0 Å². The molecule has 202 valence electrons. The highest BCUT2D eigenvalue weighted by Crippen LogP contribution is 2.29. The number of hydrogen-bond acceptors (Lipinski definition) is 7. The van der Waals surface area contributed by atoms with Crippen molar-refractivity contribution in [1.29, 1.82) is 0 Å². The molecule has 10 nitrogen and oxygen atoms in total. The van der Waals surface area contributed by atoms with E-state index in [0.717, 1.165) is 48.7 Å². The van der Waals surface area contributed by atoms with Crippen molar-refractivity contribution in [2.75, 3.05) is 55.3 Å². The van der Waals surface area contributed by atoms with Gasteiger partial charge in [0.1, 0.15) is 11.8 Å². The van der Waals surface area contributed by atoms with Gasteiger partial charge in [0.2, 0.25) is 0 Å². The third-order valence-corrected chi connectivity index (χ3v) is 7.13. The molecule has 0 saturated carbocycles. The number of likely N-dealkylation sites (N-methyl/N-ethyl adjacent to an activating group) is 1. The van der Waals surface area contributed by atoms with Crippen LogP contribution in [0.4, 0.5) is 22.9 Å². The van der Waals surface area contributed by atoms with Crippen LogP contribution in [0.5, 0.6) is 0 Å². The van der Waals surface area contributed by atoms with Crippen molar-refractivity contribution in [2.45, 2.75) is 20.8 Å². The van der Waals surface area contributed by atoms with Crippen LogP contribution in [0.2, 0.25) is 0 Å². The van der Waals surface area contributed by atoms with Crippen molar-refractivity contribution in [3.05, 3.63) is 77.2 Å². The standard InChI is InChI=1S/C29H34N8O2/c1-5-30-29(39)24-17-37-26(20(24)3)27(31-18-32-37)34-25-16-22(10-9-19(25)2)33-28(38)21-7-6-8-23(15-21)36-13-11-35(4)12-14-36/h6-10,15-18H,5,11-14H2,1-4H3,(H,30,39)(H,33,38)(H,31,32,34). The summed E-state index contributed by atoms with van der Waals surface area (Å²) in [6.07, 6.45) is 3.16. The van der Waals surface area contributed by atoms with E-state index in [1.54, 1.807) is 10.7 Å². The molecule has 1 aliphatic heterocycles. The number of aryl methyl sites for hydroxylation is 2. The summed E-state index contributed by atoms with van der Waals surface area (Å²) in [4.78, 5) is 34.8. The van der Waals surface area contributed by atoms with E-state index in [9.17, 15) is 9.59 Å². The molecule has 0 spiro atoms. The molecule has 3 heterocycles. The number of aromatic nitrogens is 3. The summed E-state index contributed by atoms with van der Waals surface area (Å²) < 4.78 is 1.66. The summed E-state index contributed by atoms with van der Waals surface area (Å²) in [6, 6.07) is 13.5. The number of nitrogens with zero attached hydrogens (tertiary/aromatic N) is 5. The van der Waals surface area contributed by atoms with Gasteiger partial charge in [-0.1, -0.05) is 12.1 Å². The Morgan fingerprint density at radius 3 is 2.56 bits per heavy atom. The summed E-state index contributed by atoms with van der Waals surface area (Å²) in [5.74, 6) is 0.257. The third-order valence-electron chi connectivity index (χ3n) is 7.13. The second kappa shape index (κ2) is 11.1. The Balaban J connectivity index is 1.36. The molecule has 0 aliphatic carbocycles. The van der Waals surface area contributed by atoms with Crippen molar-refractivity contribution in [3.63, 3.8) is 0 Å². The lowest BCUT2D eigenvalue weighted by Crippen LogP contribution is -2.44. The minimum Gasteiger partial charge on any atom is -0.369 e. The maximum Gasteiger partial charge on any atom is 0.255 e. The molecule has 4 aromatic rings. The van der Waals surface area contributed by atoms with Gasteiger partial charge in [-0.15, -0.1) is 0 Å². The average Bonchev–Trinajstić information content (AvgIpc) is 3.28. The molecule has 0 unspecified atom stereocenters. The van der Waals surface area contributed by atoms with E-state index in [1.807, 2.05) is 57.2 Å². The van der Waals surface area contributed by atoms with Gasteiger partial charge in [0.05, 0.1) is 5.56 Å². The van der Waals surface area contributed by atoms with Gasteiger partial charge in [-0.25, -0.2) is 9.50 Å². The fourth-order valence-electron chi connectivity index (χ4n) is 4.81. The molecule has 0 bridgehead atoms. The van der Waals surface area contributed by atoms with Crippen LogP contribution in [0.1, 0.15) is 38.8 Å². The smallest absolute Gasteiger partial charge is 0.255 e. The number of benzene rings is 2. The summed E-state index contributed by atoms with van der Waals surface area (Å²) in [7, 11) is 2.13. The topological polar surface area (TPSA) is 107 Å². The fraction of sp³-hybridized carbons (Fsp3) is 0.310. The summed E-state index contributed by atoms with van der Waals surface area (Å²) >= 11 is 0. The van der Waals surface area contributed by atoms with E-state index in [1.165, 1.54) is 6.33 Å². The number of carbonyl (C=O) groups excluding carboxylic acids is 2. The first-order valence-corrected chi connectivity index (χ1v) is 13.2. The maximum atomic E-state index is 13.2. The van der Waals surface area contributed by atoms with Crippen LogP contribution in [-0.4, -0.2) is 71.1 Å². The normalized spacial score (nSPS) is 13.9. The van der Waals surface area contributed by atoms with Crippen LogP contribution in [0.3, 0.4) is 0 Å². The second-order valence-electron chi connectivity index (χ2n) is 9.88. The average molecular weight is 527 g/mol. The molecule has 1 saturated heterocycles. The van der Waals surface area contributed by atoms with Crippen molar-refractivity contribution >= 4 is 40.2 Å². The summed E-state index contributed by atoms with van der Waals surface area (Å²) in [5, 5.41) is 13.5. The van der Waals surface area contributed by atoms with Crippen LogP contribution < -0.4 is 20.9 Å². The lowest BCUT2D eigenvalue weighted by molar-refractivity contribution is 0.0954. The number of anilines is 4. The Kier molecular flexibility index (Phi) is 7.47. The Morgan fingerprint density at radius 2 is 1.79 bits per heavy atom. The largest absolute Gasteiger partial charge is 0.369 e. The maximum absolute atomic E-state index is 13.2. The highest BCUT2D eigenvalue weighted by molar-refractivity contribution is 6.05. The number of amides is 2. The van der Waals surface area contributed by atoms with E-state index in [-0.39, 0.29) is 11.8 Å². The molecule has 3 N–H and O–H groups in total. The molecular formula is C29H34N8O2. The molecule has 2 amide bonds. The first-order valence-electron chi connectivity index (χ1n) is 13.2. The predicted molar refractivity (Wildman–Crippen MR) is 154 cm³/mol. The van der Waals surface area contributed by atoms with Crippen LogP contribution >= 0.6 is 0 Å². The van der Waals surface area contributed by atoms with Crippen LogP contribution in [0, 0.1) is 13.8 Å². The molecule has 0 radical (unpaired) electrons. The molecule has 0 atom stereocenters. The van der Waals surface area contributed by atoms with Crippen LogP contribution in [0.25, 0.3) is 5.52 Å². The zero-order valence-electron chi connectivity index (χ0n) is 22.8. The first kappa shape index (κ1) is 26.2. The van der Waals surface area contributed by atoms with Crippen LogP contribution in [-0.2, 0) is 0 Å². The van der Waals surface area contributed by atoms with Gasteiger partial charge in [-0.05, 0) is 69.3 Å². The van der Waals surface area contributed by atoms with Gasteiger partial charge in [0.15, 0.2) is 5.82 Å². The minimum atomic E-state index is -0.167. The van der Waals surface area contributed by atoms with Gasteiger partial charge in [-0.3, -0.25) is 9.59 Å². The van der Waals surface area contributed by atoms with Gasteiger partial charge in [0, 0.05) is 61.5 Å². The third kappa shape index (κ3) is 5.56. The van der Waals surface area contributed by atoms with E-state index in [2.05, 4.69) is 48.9 Å². The number of nitrogens with one attached hydrogen (secondary N) is 3. The lowest BCUT2D eigenvalue weighted by Gasteiger charge is -2.34. The zero-order valence-corrected chi connectivity index (χ0v) is 22.8. The molecular weight excluding hydrogens is 492 g/mol. The quantitative estimate of drug-likeness (QED) is 0.336. The highest BCUT2D eigenvalue weighted by Gasteiger charge is 2.19. The van der Waals surface area contributed by atoms with Gasteiger partial charge in [-0.2, -0.15) is 5.10 Å². The first-order chi connectivity index (χ1) is 18.8. The number of fused-ring (bicyclic) bond motifs is 1. The predicted octanol–water partition coefficient (Wildman–Crippen LogP) is 3.84. The molecule has 2 aromatic heterocycles. The number of rotatable bonds is 7. The number of carbonyl (C=O) groups is 2. The number of hydrogen-bond donors (Lipinski definition) is 3. The molecule has 39 heavy (non-hydrogen) atoms. The van der Waals surface area contributed by atoms with E-state index >= 15 is 0 Å². The molecule has 5 rings (SSSR count). The fourth-order valence-corrected chi connectivity index (χ4v) is 4.81. The number of piperazine rings is 1. The SMILES string of the molecule is CCNC(=O)c1cn2ncnc(Nc3cc(NC(=O)c4cccc(N5CCN(C)CC5)c4)ccc3C)c2c1C. The Morgan fingerprint density at radius 1 is 1.00 bits per heavy atom. The Labute approximate surface area is 228 Å². The molecule has 1 aliphatic rings. The molecule has 10 heteroatoms. The second-order valence-corrected chi connectivity index (χ2v) is 9.88. The molecule has 1 fully saturated rings. The van der Waals surface area contributed by atoms with E-state index in [0.29, 0.717) is 34.7 Å². The van der Waals surface area contributed by atoms with Crippen molar-refractivity contribution in [3.8, 4) is 0 Å². The minimum absolute atomic E-state index is 0.149. The van der Waals surface area contributed by atoms with Gasteiger partial charge in [0.25, 0.3) is 11.8 Å². The van der Waals surface area contributed by atoms with Gasteiger partial charge < -0.3 is 25.8 Å². The Hall–Kier alpha value is -4.44. The molecule has 2 aromatic carbocycles. The van der Waals surface area contributed by atoms with E-state index in [4.69, 9.17) is 0 Å². The van der Waals surface area contributed by atoms with Crippen molar-refractivity contribution < 1.29 is 9.59 Å². The van der Waals surface area contributed by atoms with E-state index < -0.39 is 0 Å². The van der Waals surface area contributed by atoms with Crippen molar-refractivity contribution in [2.24, 2.45) is 0 Å². The summed E-state index contributed by atoms with van der Waals surface area (Å²) in [5.41, 5.74) is 6.16. The monoisotopic (exact) mass is 526 g/mol. The van der Waals surface area contributed by atoms with Crippen LogP contribution in [0.15, 0.2) is 55.0 Å².